The van der Waals surface area contributed by atoms with Gasteiger partial charge in [-0.3, -0.25) is 9.36 Å². The molecule has 0 spiro atoms. The molecule has 0 saturated carbocycles. The molecule has 104 valence electrons. The monoisotopic (exact) mass is 353 g/mol. The molecule has 0 fully saturated rings. The van der Waals surface area contributed by atoms with E-state index in [1.165, 1.54) is 4.57 Å². The SMILES string of the molecule is CCn1c(N)c(C=N)cc(-c2ccc(Br)cc2Cl)c1=O. The number of halogens is 2. The molecule has 1 aromatic carbocycles. The van der Waals surface area contributed by atoms with E-state index in [0.29, 0.717) is 34.1 Å². The fourth-order valence-electron chi connectivity index (χ4n) is 2.03. The Labute approximate surface area is 129 Å². The first-order valence-corrected chi connectivity index (χ1v) is 7.16. The Hall–Kier alpha value is -1.59. The third kappa shape index (κ3) is 2.51. The smallest absolute Gasteiger partial charge is 0.260 e. The minimum absolute atomic E-state index is 0.208. The maximum atomic E-state index is 12.5. The lowest BCUT2D eigenvalue weighted by molar-refractivity contribution is 0.740. The summed E-state index contributed by atoms with van der Waals surface area (Å²) in [5, 5.41) is 7.88. The summed E-state index contributed by atoms with van der Waals surface area (Å²) in [5.41, 5.74) is 7.25. The van der Waals surface area contributed by atoms with Crippen LogP contribution >= 0.6 is 27.5 Å². The van der Waals surface area contributed by atoms with Crippen molar-refractivity contribution in [2.75, 3.05) is 5.73 Å². The van der Waals surface area contributed by atoms with Crippen molar-refractivity contribution in [1.29, 1.82) is 5.41 Å². The summed E-state index contributed by atoms with van der Waals surface area (Å²) in [5.74, 6) is 0.296. The van der Waals surface area contributed by atoms with Gasteiger partial charge < -0.3 is 11.1 Å². The number of aromatic nitrogens is 1. The molecule has 0 aliphatic carbocycles. The van der Waals surface area contributed by atoms with E-state index in [1.54, 1.807) is 18.2 Å². The molecule has 0 radical (unpaired) electrons. The number of pyridine rings is 1. The maximum Gasteiger partial charge on any atom is 0.260 e. The molecule has 0 saturated heterocycles. The lowest BCUT2D eigenvalue weighted by Crippen LogP contribution is -2.25. The van der Waals surface area contributed by atoms with Crippen LogP contribution in [0.5, 0.6) is 0 Å². The number of nitrogens with one attached hydrogen (secondary N) is 1. The van der Waals surface area contributed by atoms with E-state index < -0.39 is 0 Å². The molecule has 4 nitrogen and oxygen atoms in total. The Morgan fingerprint density at radius 3 is 2.65 bits per heavy atom. The fraction of sp³-hybridized carbons (Fsp3) is 0.143. The van der Waals surface area contributed by atoms with Gasteiger partial charge in [0, 0.05) is 38.9 Å². The van der Waals surface area contributed by atoms with Gasteiger partial charge in [-0.05, 0) is 25.1 Å². The molecule has 3 N–H and O–H groups in total. The Bertz CT molecular complexity index is 740. The van der Waals surface area contributed by atoms with Gasteiger partial charge in [0.1, 0.15) is 5.82 Å². The lowest BCUT2D eigenvalue weighted by Gasteiger charge is -2.13. The van der Waals surface area contributed by atoms with Gasteiger partial charge >= 0.3 is 0 Å². The molecule has 0 atom stereocenters. The Kier molecular flexibility index (Phi) is 4.30. The second-order valence-corrected chi connectivity index (χ2v) is 5.54. The Morgan fingerprint density at radius 1 is 1.40 bits per heavy atom. The van der Waals surface area contributed by atoms with Gasteiger partial charge in [0.15, 0.2) is 0 Å². The molecule has 2 aromatic rings. The summed E-state index contributed by atoms with van der Waals surface area (Å²) in [7, 11) is 0. The largest absolute Gasteiger partial charge is 0.384 e. The van der Waals surface area contributed by atoms with E-state index in [2.05, 4.69) is 15.9 Å². The van der Waals surface area contributed by atoms with Crippen molar-refractivity contribution in [2.45, 2.75) is 13.5 Å². The highest BCUT2D eigenvalue weighted by atomic mass is 79.9. The van der Waals surface area contributed by atoms with Gasteiger partial charge in [-0.15, -0.1) is 0 Å². The third-order valence-corrected chi connectivity index (χ3v) is 3.86. The molecule has 0 aliphatic heterocycles. The van der Waals surface area contributed by atoms with Gasteiger partial charge in [0.2, 0.25) is 0 Å². The van der Waals surface area contributed by atoms with Crippen molar-refractivity contribution in [3.8, 4) is 11.1 Å². The first-order chi connectivity index (χ1) is 9.49. The molecule has 0 unspecified atom stereocenters. The van der Waals surface area contributed by atoms with Crippen LogP contribution in [0.3, 0.4) is 0 Å². The summed E-state index contributed by atoms with van der Waals surface area (Å²) in [6.45, 7) is 2.27. The van der Waals surface area contributed by atoms with Crippen molar-refractivity contribution in [3.05, 3.63) is 49.7 Å². The molecule has 1 aromatic heterocycles. The standard InChI is InChI=1S/C14H13BrClN3O/c1-2-19-13(18)8(7-17)5-11(14(19)20)10-4-3-9(15)6-12(10)16/h3-7,17H,2,18H2,1H3. The third-order valence-electron chi connectivity index (χ3n) is 3.05. The molecule has 0 aliphatic rings. The number of hydrogen-bond acceptors (Lipinski definition) is 3. The topological polar surface area (TPSA) is 71.9 Å². The van der Waals surface area contributed by atoms with E-state index in [4.69, 9.17) is 22.7 Å². The summed E-state index contributed by atoms with van der Waals surface area (Å²) in [6, 6.07) is 6.92. The maximum absolute atomic E-state index is 12.5. The van der Waals surface area contributed by atoms with E-state index in [-0.39, 0.29) is 5.56 Å². The number of hydrogen-bond donors (Lipinski definition) is 2. The molecule has 6 heteroatoms. The first kappa shape index (κ1) is 14.8. The second-order valence-electron chi connectivity index (χ2n) is 4.22. The van der Waals surface area contributed by atoms with Crippen LogP contribution < -0.4 is 11.3 Å². The zero-order valence-electron chi connectivity index (χ0n) is 10.8. The summed E-state index contributed by atoms with van der Waals surface area (Å²) in [6.07, 6.45) is 1.14. The van der Waals surface area contributed by atoms with Crippen LogP contribution in [0.25, 0.3) is 11.1 Å². The van der Waals surface area contributed by atoms with Crippen LogP contribution in [0.2, 0.25) is 5.02 Å². The highest BCUT2D eigenvalue weighted by Gasteiger charge is 2.14. The van der Waals surface area contributed by atoms with Crippen molar-refractivity contribution >= 4 is 39.6 Å². The van der Waals surface area contributed by atoms with Crippen molar-refractivity contribution < 1.29 is 0 Å². The zero-order chi connectivity index (χ0) is 14.9. The van der Waals surface area contributed by atoms with Crippen molar-refractivity contribution in [1.82, 2.24) is 4.57 Å². The second kappa shape index (κ2) is 5.81. The number of benzene rings is 1. The first-order valence-electron chi connectivity index (χ1n) is 5.98. The number of nitrogens with two attached hydrogens (primary N) is 1. The quantitative estimate of drug-likeness (QED) is 0.828. The van der Waals surface area contributed by atoms with Gasteiger partial charge in [-0.25, -0.2) is 0 Å². The highest BCUT2D eigenvalue weighted by Crippen LogP contribution is 2.29. The van der Waals surface area contributed by atoms with Crippen molar-refractivity contribution in [3.63, 3.8) is 0 Å². The van der Waals surface area contributed by atoms with E-state index in [1.807, 2.05) is 13.0 Å². The summed E-state index contributed by atoms with van der Waals surface area (Å²) in [4.78, 5) is 12.5. The number of anilines is 1. The number of nitrogens with zero attached hydrogens (tertiary/aromatic N) is 1. The van der Waals surface area contributed by atoms with Crippen molar-refractivity contribution in [2.24, 2.45) is 0 Å². The minimum atomic E-state index is -0.208. The molecule has 2 rings (SSSR count). The van der Waals surface area contributed by atoms with Crippen LogP contribution in [0.15, 0.2) is 33.5 Å². The molecule has 20 heavy (non-hydrogen) atoms. The molecular weight excluding hydrogens is 342 g/mol. The highest BCUT2D eigenvalue weighted by molar-refractivity contribution is 9.10. The van der Waals surface area contributed by atoms with Crippen LogP contribution in [0.1, 0.15) is 12.5 Å². The van der Waals surface area contributed by atoms with Gasteiger partial charge in [0.25, 0.3) is 5.56 Å². The Morgan fingerprint density at radius 2 is 2.10 bits per heavy atom. The van der Waals surface area contributed by atoms with Gasteiger partial charge in [-0.2, -0.15) is 0 Å². The summed E-state index contributed by atoms with van der Waals surface area (Å²) < 4.78 is 2.28. The minimum Gasteiger partial charge on any atom is -0.384 e. The predicted octanol–water partition coefficient (Wildman–Crippen LogP) is 3.53. The average molecular weight is 355 g/mol. The number of rotatable bonds is 3. The van der Waals surface area contributed by atoms with Crippen LogP contribution in [0, 0.1) is 5.41 Å². The van der Waals surface area contributed by atoms with Gasteiger partial charge in [0.05, 0.1) is 0 Å². The lowest BCUT2D eigenvalue weighted by atomic mass is 10.0. The van der Waals surface area contributed by atoms with Crippen LogP contribution in [-0.2, 0) is 6.54 Å². The molecule has 0 amide bonds. The normalized spacial score (nSPS) is 10.6. The zero-order valence-corrected chi connectivity index (χ0v) is 13.1. The predicted molar refractivity (Wildman–Crippen MR) is 86.8 cm³/mol. The van der Waals surface area contributed by atoms with Crippen LogP contribution in [0.4, 0.5) is 5.82 Å². The molecule has 0 bridgehead atoms. The Balaban J connectivity index is 2.80. The van der Waals surface area contributed by atoms with Crippen LogP contribution in [-0.4, -0.2) is 10.8 Å². The summed E-state index contributed by atoms with van der Waals surface area (Å²) >= 11 is 9.53. The molecule has 1 heterocycles. The number of nitrogen functional groups attached to an aromatic ring is 1. The van der Waals surface area contributed by atoms with E-state index >= 15 is 0 Å². The molecular formula is C14H13BrClN3O. The average Bonchev–Trinajstić information content (AvgIpc) is 2.41. The van der Waals surface area contributed by atoms with Gasteiger partial charge in [-0.1, -0.05) is 33.6 Å². The van der Waals surface area contributed by atoms with E-state index in [0.717, 1.165) is 10.7 Å². The van der Waals surface area contributed by atoms with E-state index in [9.17, 15) is 4.79 Å². The fourth-order valence-corrected chi connectivity index (χ4v) is 2.81.